The number of benzene rings is 1. The molecule has 116 valence electrons. The van der Waals surface area contributed by atoms with Gasteiger partial charge in [0.2, 0.25) is 11.8 Å². The monoisotopic (exact) mass is 294 g/mol. The van der Waals surface area contributed by atoms with E-state index in [9.17, 15) is 14.0 Å². The predicted octanol–water partition coefficient (Wildman–Crippen LogP) is 2.09. The van der Waals surface area contributed by atoms with E-state index < -0.39 is 0 Å². The Balaban J connectivity index is 2.64. The summed E-state index contributed by atoms with van der Waals surface area (Å²) in [6.07, 6.45) is 0.401. The highest BCUT2D eigenvalue weighted by Gasteiger charge is 2.17. The highest BCUT2D eigenvalue weighted by molar-refractivity contribution is 5.83. The van der Waals surface area contributed by atoms with Gasteiger partial charge in [0.15, 0.2) is 0 Å². The number of amides is 2. The Morgan fingerprint density at radius 1 is 1.10 bits per heavy atom. The standard InChI is InChI=1S/C16H23FN2O2/c1-4-18(5-2)16(21)12-19(13(3)20)11-10-14-8-6-7-9-15(14)17/h6-9H,4-5,10-12H2,1-3H3. The third-order valence-electron chi connectivity index (χ3n) is 3.50. The molecule has 0 fully saturated rings. The summed E-state index contributed by atoms with van der Waals surface area (Å²) in [6.45, 7) is 6.85. The number of hydrogen-bond donors (Lipinski definition) is 0. The molecule has 2 amide bonds. The van der Waals surface area contributed by atoms with Crippen molar-refractivity contribution in [3.05, 3.63) is 35.6 Å². The average molecular weight is 294 g/mol. The van der Waals surface area contributed by atoms with Crippen LogP contribution in [0.2, 0.25) is 0 Å². The van der Waals surface area contributed by atoms with Gasteiger partial charge >= 0.3 is 0 Å². The van der Waals surface area contributed by atoms with Gasteiger partial charge in [0.25, 0.3) is 0 Å². The van der Waals surface area contributed by atoms with E-state index in [0.717, 1.165) is 0 Å². The van der Waals surface area contributed by atoms with Crippen molar-refractivity contribution in [3.8, 4) is 0 Å². The topological polar surface area (TPSA) is 40.6 Å². The Labute approximate surface area is 125 Å². The maximum atomic E-state index is 13.6. The van der Waals surface area contributed by atoms with Crippen molar-refractivity contribution in [2.75, 3.05) is 26.2 Å². The molecule has 0 atom stereocenters. The van der Waals surface area contributed by atoms with Gasteiger partial charge in [-0.25, -0.2) is 4.39 Å². The van der Waals surface area contributed by atoms with Crippen molar-refractivity contribution in [2.45, 2.75) is 27.2 Å². The molecule has 1 aromatic carbocycles. The van der Waals surface area contributed by atoms with Crippen molar-refractivity contribution < 1.29 is 14.0 Å². The van der Waals surface area contributed by atoms with Crippen LogP contribution in [0.1, 0.15) is 26.3 Å². The number of likely N-dealkylation sites (N-methyl/N-ethyl adjacent to an activating group) is 1. The summed E-state index contributed by atoms with van der Waals surface area (Å²) in [5, 5.41) is 0. The van der Waals surface area contributed by atoms with Crippen LogP contribution in [0.3, 0.4) is 0 Å². The summed E-state index contributed by atoms with van der Waals surface area (Å²) in [5.41, 5.74) is 0.555. The van der Waals surface area contributed by atoms with Crippen LogP contribution in [0.4, 0.5) is 4.39 Å². The first-order chi connectivity index (χ1) is 9.99. The highest BCUT2D eigenvalue weighted by atomic mass is 19.1. The lowest BCUT2D eigenvalue weighted by molar-refractivity contribution is -0.139. The van der Waals surface area contributed by atoms with Gasteiger partial charge in [0.1, 0.15) is 5.82 Å². The van der Waals surface area contributed by atoms with E-state index in [4.69, 9.17) is 0 Å². The predicted molar refractivity (Wildman–Crippen MR) is 80.3 cm³/mol. The lowest BCUT2D eigenvalue weighted by Crippen LogP contribution is -2.42. The number of carbonyl (C=O) groups excluding carboxylic acids is 2. The van der Waals surface area contributed by atoms with Crippen LogP contribution >= 0.6 is 0 Å². The van der Waals surface area contributed by atoms with E-state index in [2.05, 4.69) is 0 Å². The molecule has 0 N–H and O–H groups in total. The van der Waals surface area contributed by atoms with Crippen molar-refractivity contribution in [3.63, 3.8) is 0 Å². The number of carbonyl (C=O) groups is 2. The van der Waals surface area contributed by atoms with Crippen molar-refractivity contribution in [1.29, 1.82) is 0 Å². The molecule has 0 aromatic heterocycles. The van der Waals surface area contributed by atoms with Crippen LogP contribution in [0.5, 0.6) is 0 Å². The van der Waals surface area contributed by atoms with Gasteiger partial charge in [-0.3, -0.25) is 9.59 Å². The largest absolute Gasteiger partial charge is 0.342 e. The molecule has 0 aliphatic heterocycles. The van der Waals surface area contributed by atoms with Crippen LogP contribution in [0.25, 0.3) is 0 Å². The number of nitrogens with zero attached hydrogens (tertiary/aromatic N) is 2. The molecule has 0 saturated heterocycles. The molecule has 5 heteroatoms. The van der Waals surface area contributed by atoms with E-state index in [1.165, 1.54) is 17.9 Å². The molecule has 0 radical (unpaired) electrons. The molecule has 0 aliphatic rings. The van der Waals surface area contributed by atoms with Gasteiger partial charge in [-0.1, -0.05) is 18.2 Å². The van der Waals surface area contributed by atoms with E-state index in [-0.39, 0.29) is 24.2 Å². The number of hydrogen-bond acceptors (Lipinski definition) is 2. The zero-order valence-corrected chi connectivity index (χ0v) is 12.9. The first kappa shape index (κ1) is 17.1. The normalized spacial score (nSPS) is 10.3. The van der Waals surface area contributed by atoms with Gasteiger partial charge in [-0.2, -0.15) is 0 Å². The van der Waals surface area contributed by atoms with Gasteiger partial charge in [-0.05, 0) is 31.9 Å². The lowest BCUT2D eigenvalue weighted by atomic mass is 10.1. The molecule has 1 aromatic rings. The van der Waals surface area contributed by atoms with Crippen LogP contribution in [0.15, 0.2) is 24.3 Å². The second-order valence-electron chi connectivity index (χ2n) is 4.85. The quantitative estimate of drug-likeness (QED) is 0.772. The summed E-state index contributed by atoms with van der Waals surface area (Å²) in [7, 11) is 0. The molecule has 4 nitrogen and oxygen atoms in total. The Morgan fingerprint density at radius 2 is 1.71 bits per heavy atom. The minimum atomic E-state index is -0.281. The smallest absolute Gasteiger partial charge is 0.242 e. The zero-order chi connectivity index (χ0) is 15.8. The number of rotatable bonds is 7. The minimum Gasteiger partial charge on any atom is -0.342 e. The van der Waals surface area contributed by atoms with E-state index in [1.807, 2.05) is 13.8 Å². The number of halogens is 1. The first-order valence-electron chi connectivity index (χ1n) is 7.26. The van der Waals surface area contributed by atoms with Gasteiger partial charge in [-0.15, -0.1) is 0 Å². The molecule has 21 heavy (non-hydrogen) atoms. The maximum absolute atomic E-state index is 13.6. The Hall–Kier alpha value is -1.91. The molecule has 1 rings (SSSR count). The van der Waals surface area contributed by atoms with E-state index >= 15 is 0 Å². The summed E-state index contributed by atoms with van der Waals surface area (Å²) >= 11 is 0. The average Bonchev–Trinajstić information content (AvgIpc) is 2.46. The fraction of sp³-hybridized carbons (Fsp3) is 0.500. The fourth-order valence-corrected chi connectivity index (χ4v) is 2.14. The van der Waals surface area contributed by atoms with Crippen LogP contribution in [-0.2, 0) is 16.0 Å². The molecule has 0 spiro atoms. The Bertz CT molecular complexity index is 487. The summed E-state index contributed by atoms with van der Waals surface area (Å²) in [5.74, 6) is -0.536. The Morgan fingerprint density at radius 3 is 2.24 bits per heavy atom. The second-order valence-corrected chi connectivity index (χ2v) is 4.85. The minimum absolute atomic E-state index is 0.0471. The summed E-state index contributed by atoms with van der Waals surface area (Å²) < 4.78 is 13.6. The zero-order valence-electron chi connectivity index (χ0n) is 12.9. The lowest BCUT2D eigenvalue weighted by Gasteiger charge is -2.25. The molecule has 0 aliphatic carbocycles. The van der Waals surface area contributed by atoms with Crippen LogP contribution in [0, 0.1) is 5.82 Å². The van der Waals surface area contributed by atoms with E-state index in [1.54, 1.807) is 23.1 Å². The maximum Gasteiger partial charge on any atom is 0.242 e. The van der Waals surface area contributed by atoms with Crippen molar-refractivity contribution in [2.24, 2.45) is 0 Å². The van der Waals surface area contributed by atoms with Crippen molar-refractivity contribution in [1.82, 2.24) is 9.80 Å². The summed E-state index contributed by atoms with van der Waals surface area (Å²) in [4.78, 5) is 26.8. The van der Waals surface area contributed by atoms with Crippen LogP contribution < -0.4 is 0 Å². The highest BCUT2D eigenvalue weighted by Crippen LogP contribution is 2.08. The van der Waals surface area contributed by atoms with Crippen molar-refractivity contribution >= 4 is 11.8 Å². The fourth-order valence-electron chi connectivity index (χ4n) is 2.14. The SMILES string of the molecule is CCN(CC)C(=O)CN(CCc1ccccc1F)C(C)=O. The molecular weight excluding hydrogens is 271 g/mol. The van der Waals surface area contributed by atoms with Crippen LogP contribution in [-0.4, -0.2) is 47.8 Å². The molecule has 0 heterocycles. The molecule has 0 bridgehead atoms. The third-order valence-corrected chi connectivity index (χ3v) is 3.50. The van der Waals surface area contributed by atoms with Gasteiger partial charge < -0.3 is 9.80 Å². The first-order valence-corrected chi connectivity index (χ1v) is 7.26. The molecular formula is C16H23FN2O2. The third kappa shape index (κ3) is 5.17. The van der Waals surface area contributed by atoms with Gasteiger partial charge in [0, 0.05) is 26.6 Å². The Kier molecular flexibility index (Phi) is 6.85. The summed E-state index contributed by atoms with van der Waals surface area (Å²) in [6, 6.07) is 6.48. The van der Waals surface area contributed by atoms with E-state index in [0.29, 0.717) is 31.6 Å². The molecule has 0 saturated carbocycles. The van der Waals surface area contributed by atoms with Gasteiger partial charge in [0.05, 0.1) is 6.54 Å². The second kappa shape index (κ2) is 8.39. The molecule has 0 unspecified atom stereocenters.